The highest BCUT2D eigenvalue weighted by Gasteiger charge is 2.34. The van der Waals surface area contributed by atoms with E-state index in [-0.39, 0.29) is 47.4 Å². The number of rotatable bonds is 6. The quantitative estimate of drug-likeness (QED) is 0.586. The molecule has 1 N–H and O–H groups in total. The highest BCUT2D eigenvalue weighted by Crippen LogP contribution is 2.40. The molecule has 2 heterocycles. The smallest absolute Gasteiger partial charge is 0.258 e. The molecule has 6 nitrogen and oxygen atoms in total. The van der Waals surface area contributed by atoms with Crippen molar-refractivity contribution < 1.29 is 19.1 Å². The Balaban J connectivity index is 1.86. The molecule has 1 aliphatic heterocycles. The number of fused-ring (bicyclic) bond motifs is 2. The van der Waals surface area contributed by atoms with Crippen LogP contribution in [0.5, 0.6) is 5.75 Å². The van der Waals surface area contributed by atoms with E-state index in [0.717, 1.165) is 16.7 Å². The van der Waals surface area contributed by atoms with Crippen molar-refractivity contribution in [3.05, 3.63) is 70.2 Å². The predicted molar refractivity (Wildman–Crippen MR) is 129 cm³/mol. The normalized spacial score (nSPS) is 13.3. The molecule has 4 rings (SSSR count). The maximum Gasteiger partial charge on any atom is 0.258 e. The summed E-state index contributed by atoms with van der Waals surface area (Å²) in [6.07, 6.45) is 2.29. The third kappa shape index (κ3) is 4.22. The lowest BCUT2D eigenvalue weighted by atomic mass is 9.92. The van der Waals surface area contributed by atoms with Gasteiger partial charge in [-0.3, -0.25) is 14.6 Å². The second kappa shape index (κ2) is 9.05. The molecule has 0 bridgehead atoms. The highest BCUT2D eigenvalue weighted by atomic mass is 19.1. The molecule has 0 saturated carbocycles. The molecule has 34 heavy (non-hydrogen) atoms. The van der Waals surface area contributed by atoms with Gasteiger partial charge >= 0.3 is 0 Å². The second-order valence-corrected chi connectivity index (χ2v) is 9.55. The van der Waals surface area contributed by atoms with Crippen molar-refractivity contribution in [1.82, 2.24) is 14.8 Å². The van der Waals surface area contributed by atoms with Gasteiger partial charge in [0.05, 0.1) is 12.0 Å². The summed E-state index contributed by atoms with van der Waals surface area (Å²) in [5.74, 6) is -0.751. The molecular formula is C27H30FN3O3. The minimum atomic E-state index is -0.296. The second-order valence-electron chi connectivity index (χ2n) is 9.55. The van der Waals surface area contributed by atoms with E-state index in [1.54, 1.807) is 30.3 Å². The van der Waals surface area contributed by atoms with Crippen molar-refractivity contribution in [1.29, 1.82) is 0 Å². The Morgan fingerprint density at radius 1 is 1.15 bits per heavy atom. The number of pyridine rings is 1. The molecule has 7 heteroatoms. The standard InChI is InChI=1S/C27H30FN3O3/c1-15(2)31(16(3)4)23(32)12-20-21-11-18(10-17-6-8-19(28)9-7-17)13-29-25(21)26(33)24-22(20)14-30(5)27(24)34/h6-9,11,13,15-16,33H,10,12,14H2,1-5H3. The fourth-order valence-electron chi connectivity index (χ4n) is 4.96. The van der Waals surface area contributed by atoms with E-state index in [2.05, 4.69) is 4.98 Å². The molecule has 0 atom stereocenters. The van der Waals surface area contributed by atoms with Crippen LogP contribution in [-0.4, -0.2) is 50.8 Å². The van der Waals surface area contributed by atoms with Crippen LogP contribution in [0.1, 0.15) is 60.3 Å². The summed E-state index contributed by atoms with van der Waals surface area (Å²) in [6.45, 7) is 8.26. The first-order valence-corrected chi connectivity index (χ1v) is 11.5. The fourth-order valence-corrected chi connectivity index (χ4v) is 4.96. The van der Waals surface area contributed by atoms with Gasteiger partial charge in [-0.05, 0) is 74.6 Å². The van der Waals surface area contributed by atoms with Crippen LogP contribution in [0.3, 0.4) is 0 Å². The summed E-state index contributed by atoms with van der Waals surface area (Å²) in [6, 6.07) is 8.26. The number of hydrogen-bond acceptors (Lipinski definition) is 4. The number of carbonyl (C=O) groups is 2. The maximum absolute atomic E-state index is 13.4. The van der Waals surface area contributed by atoms with Gasteiger partial charge in [0.2, 0.25) is 5.91 Å². The van der Waals surface area contributed by atoms with Crippen LogP contribution in [0.25, 0.3) is 10.9 Å². The first-order chi connectivity index (χ1) is 16.1. The van der Waals surface area contributed by atoms with Gasteiger partial charge < -0.3 is 14.9 Å². The zero-order valence-corrected chi connectivity index (χ0v) is 20.2. The third-order valence-electron chi connectivity index (χ3n) is 6.40. The predicted octanol–water partition coefficient (Wildman–Crippen LogP) is 4.44. The van der Waals surface area contributed by atoms with E-state index >= 15 is 0 Å². The molecule has 178 valence electrons. The minimum Gasteiger partial charge on any atom is -0.505 e. The van der Waals surface area contributed by atoms with Gasteiger partial charge in [0.15, 0.2) is 5.75 Å². The average Bonchev–Trinajstić information content (AvgIpc) is 3.06. The molecule has 2 aromatic carbocycles. The number of aromatic hydroxyl groups is 1. The number of hydrogen-bond donors (Lipinski definition) is 1. The molecule has 0 aliphatic carbocycles. The highest BCUT2D eigenvalue weighted by molar-refractivity contribution is 6.08. The maximum atomic E-state index is 13.4. The fraction of sp³-hybridized carbons (Fsp3) is 0.370. The van der Waals surface area contributed by atoms with Crippen molar-refractivity contribution in [2.45, 2.75) is 59.2 Å². The van der Waals surface area contributed by atoms with E-state index in [0.29, 0.717) is 29.4 Å². The molecule has 0 fully saturated rings. The van der Waals surface area contributed by atoms with Crippen LogP contribution in [0, 0.1) is 5.82 Å². The number of benzene rings is 2. The lowest BCUT2D eigenvalue weighted by Gasteiger charge is -2.31. The average molecular weight is 464 g/mol. The third-order valence-corrected chi connectivity index (χ3v) is 6.40. The minimum absolute atomic E-state index is 0.0281. The Morgan fingerprint density at radius 2 is 1.79 bits per heavy atom. The van der Waals surface area contributed by atoms with Crippen LogP contribution in [0.15, 0.2) is 36.5 Å². The van der Waals surface area contributed by atoms with Crippen molar-refractivity contribution in [2.24, 2.45) is 0 Å². The van der Waals surface area contributed by atoms with Crippen molar-refractivity contribution in [2.75, 3.05) is 7.05 Å². The Morgan fingerprint density at radius 3 is 2.41 bits per heavy atom. The molecule has 0 radical (unpaired) electrons. The monoisotopic (exact) mass is 463 g/mol. The zero-order valence-electron chi connectivity index (χ0n) is 20.2. The Hall–Kier alpha value is -3.48. The molecule has 2 amide bonds. The molecule has 1 aromatic heterocycles. The Kier molecular flexibility index (Phi) is 6.30. The number of phenolic OH excluding ortho intramolecular Hbond substituents is 1. The zero-order chi connectivity index (χ0) is 24.7. The SMILES string of the molecule is CC(C)N(C(=O)Cc1c2c(c(O)c3ncc(Cc4ccc(F)cc4)cc13)C(=O)N(C)C2)C(C)C. The first-order valence-electron chi connectivity index (χ1n) is 11.5. The summed E-state index contributed by atoms with van der Waals surface area (Å²) in [5, 5.41) is 11.6. The molecule has 0 saturated heterocycles. The topological polar surface area (TPSA) is 73.7 Å². The lowest BCUT2D eigenvalue weighted by molar-refractivity contribution is -0.134. The van der Waals surface area contributed by atoms with Gasteiger partial charge in [-0.2, -0.15) is 0 Å². The summed E-state index contributed by atoms with van der Waals surface area (Å²) in [5.41, 5.74) is 3.75. The van der Waals surface area contributed by atoms with E-state index in [4.69, 9.17) is 0 Å². The van der Waals surface area contributed by atoms with Gasteiger partial charge in [0.25, 0.3) is 5.91 Å². The van der Waals surface area contributed by atoms with Gasteiger partial charge in [-0.15, -0.1) is 0 Å². The van der Waals surface area contributed by atoms with Crippen molar-refractivity contribution in [3.8, 4) is 5.75 Å². The summed E-state index contributed by atoms with van der Waals surface area (Å²) in [7, 11) is 1.68. The number of nitrogens with zero attached hydrogens (tertiary/aromatic N) is 3. The number of carbonyl (C=O) groups excluding carboxylic acids is 2. The molecule has 0 spiro atoms. The number of halogens is 1. The summed E-state index contributed by atoms with van der Waals surface area (Å²) >= 11 is 0. The van der Waals surface area contributed by atoms with Crippen LogP contribution >= 0.6 is 0 Å². The van der Waals surface area contributed by atoms with Crippen LogP contribution in [0.2, 0.25) is 0 Å². The summed E-state index contributed by atoms with van der Waals surface area (Å²) < 4.78 is 13.3. The van der Waals surface area contributed by atoms with Crippen LogP contribution in [0.4, 0.5) is 4.39 Å². The number of phenols is 1. The van der Waals surface area contributed by atoms with Crippen LogP contribution in [-0.2, 0) is 24.2 Å². The molecular weight excluding hydrogens is 433 g/mol. The van der Waals surface area contributed by atoms with E-state index < -0.39 is 0 Å². The first kappa shape index (κ1) is 23.7. The van der Waals surface area contributed by atoms with E-state index in [9.17, 15) is 19.1 Å². The van der Waals surface area contributed by atoms with Gasteiger partial charge in [-0.1, -0.05) is 12.1 Å². The molecule has 3 aromatic rings. The van der Waals surface area contributed by atoms with E-state index in [1.165, 1.54) is 12.1 Å². The van der Waals surface area contributed by atoms with Gasteiger partial charge in [-0.25, -0.2) is 4.39 Å². The summed E-state index contributed by atoms with van der Waals surface area (Å²) in [4.78, 5) is 34.1. The Labute approximate surface area is 199 Å². The number of amides is 2. The largest absolute Gasteiger partial charge is 0.505 e. The Bertz CT molecular complexity index is 1260. The van der Waals surface area contributed by atoms with Crippen molar-refractivity contribution in [3.63, 3.8) is 0 Å². The van der Waals surface area contributed by atoms with Crippen LogP contribution < -0.4 is 0 Å². The molecule has 1 aliphatic rings. The van der Waals surface area contributed by atoms with Gasteiger partial charge in [0.1, 0.15) is 11.3 Å². The lowest BCUT2D eigenvalue weighted by Crippen LogP contribution is -2.43. The van der Waals surface area contributed by atoms with Gasteiger partial charge in [0, 0.05) is 37.3 Å². The molecule has 0 unspecified atom stereocenters. The van der Waals surface area contributed by atoms with Crippen molar-refractivity contribution >= 4 is 22.7 Å². The van der Waals surface area contributed by atoms with E-state index in [1.807, 2.05) is 38.7 Å². The number of aromatic nitrogens is 1.